The molecular formula is C24H21N3O4. The van der Waals surface area contributed by atoms with Crippen molar-refractivity contribution in [3.8, 4) is 23.0 Å². The zero-order chi connectivity index (χ0) is 21.6. The van der Waals surface area contributed by atoms with E-state index in [0.29, 0.717) is 40.0 Å². The van der Waals surface area contributed by atoms with Crippen LogP contribution >= 0.6 is 0 Å². The molecule has 4 aromatic rings. The zero-order valence-corrected chi connectivity index (χ0v) is 17.2. The highest BCUT2D eigenvalue weighted by atomic mass is 16.5. The molecule has 0 aliphatic heterocycles. The molecule has 1 aromatic heterocycles. The average Bonchev–Trinajstić information content (AvgIpc) is 3.27. The van der Waals surface area contributed by atoms with Crippen molar-refractivity contribution >= 4 is 11.6 Å². The molecule has 0 aliphatic rings. The van der Waals surface area contributed by atoms with Gasteiger partial charge in [0.2, 0.25) is 5.82 Å². The van der Waals surface area contributed by atoms with E-state index in [4.69, 9.17) is 14.0 Å². The summed E-state index contributed by atoms with van der Waals surface area (Å²) in [7, 11) is 1.55. The van der Waals surface area contributed by atoms with E-state index in [0.717, 1.165) is 5.56 Å². The van der Waals surface area contributed by atoms with E-state index in [1.54, 1.807) is 25.3 Å². The van der Waals surface area contributed by atoms with Crippen LogP contribution in [-0.2, 0) is 6.61 Å². The number of aromatic nitrogens is 2. The largest absolute Gasteiger partial charge is 0.496 e. The third-order valence-electron chi connectivity index (χ3n) is 4.65. The summed E-state index contributed by atoms with van der Waals surface area (Å²) in [5, 5.41) is 6.90. The molecule has 7 heteroatoms. The Balaban J connectivity index is 1.54. The van der Waals surface area contributed by atoms with Crippen molar-refractivity contribution in [3.63, 3.8) is 0 Å². The van der Waals surface area contributed by atoms with Crippen molar-refractivity contribution in [1.29, 1.82) is 0 Å². The number of para-hydroxylation sites is 3. The van der Waals surface area contributed by atoms with Crippen molar-refractivity contribution in [3.05, 3.63) is 89.7 Å². The second-order valence-electron chi connectivity index (χ2n) is 6.77. The van der Waals surface area contributed by atoms with Gasteiger partial charge in [-0.2, -0.15) is 4.98 Å². The van der Waals surface area contributed by atoms with Gasteiger partial charge in [-0.3, -0.25) is 4.79 Å². The van der Waals surface area contributed by atoms with Crippen LogP contribution in [0, 0.1) is 6.92 Å². The van der Waals surface area contributed by atoms with Gasteiger partial charge in [0, 0.05) is 0 Å². The van der Waals surface area contributed by atoms with Gasteiger partial charge in [-0.1, -0.05) is 47.6 Å². The summed E-state index contributed by atoms with van der Waals surface area (Å²) in [6.45, 7) is 2.06. The minimum absolute atomic E-state index is 0.169. The molecule has 4 rings (SSSR count). The number of methoxy groups -OCH3 is 1. The van der Waals surface area contributed by atoms with E-state index in [9.17, 15) is 4.79 Å². The number of aryl methyl sites for hydroxylation is 1. The van der Waals surface area contributed by atoms with Crippen LogP contribution in [0.1, 0.15) is 21.7 Å². The number of hydrogen-bond donors (Lipinski definition) is 1. The molecule has 0 aliphatic carbocycles. The summed E-state index contributed by atoms with van der Waals surface area (Å²) < 4.78 is 16.5. The molecule has 0 fully saturated rings. The Morgan fingerprint density at radius 2 is 1.77 bits per heavy atom. The van der Waals surface area contributed by atoms with Crippen LogP contribution in [0.3, 0.4) is 0 Å². The zero-order valence-electron chi connectivity index (χ0n) is 17.2. The molecule has 0 unspecified atom stereocenters. The number of benzene rings is 3. The lowest BCUT2D eigenvalue weighted by Crippen LogP contribution is -2.14. The lowest BCUT2D eigenvalue weighted by atomic mass is 10.1. The first-order valence-electron chi connectivity index (χ1n) is 9.70. The number of rotatable bonds is 7. The Hall–Kier alpha value is -4.13. The van der Waals surface area contributed by atoms with Crippen LogP contribution in [0.4, 0.5) is 5.69 Å². The number of carbonyl (C=O) groups is 1. The summed E-state index contributed by atoms with van der Waals surface area (Å²) in [5.74, 6) is 1.66. The fraction of sp³-hybridized carbons (Fsp3) is 0.125. The fourth-order valence-electron chi connectivity index (χ4n) is 3.16. The van der Waals surface area contributed by atoms with Crippen molar-refractivity contribution < 1.29 is 18.8 Å². The topological polar surface area (TPSA) is 86.5 Å². The number of amides is 1. The quantitative estimate of drug-likeness (QED) is 0.463. The van der Waals surface area contributed by atoms with Crippen molar-refractivity contribution in [1.82, 2.24) is 10.1 Å². The van der Waals surface area contributed by atoms with Crippen molar-refractivity contribution in [2.45, 2.75) is 13.5 Å². The van der Waals surface area contributed by atoms with Gasteiger partial charge in [-0.05, 0) is 42.8 Å². The first-order chi connectivity index (χ1) is 15.2. The lowest BCUT2D eigenvalue weighted by molar-refractivity contribution is 0.102. The summed E-state index contributed by atoms with van der Waals surface area (Å²) in [6, 6.07) is 22.1. The molecule has 1 N–H and O–H groups in total. The molecule has 0 atom stereocenters. The number of hydrogen-bond acceptors (Lipinski definition) is 6. The molecule has 3 aromatic carbocycles. The Bertz CT molecular complexity index is 1190. The van der Waals surface area contributed by atoms with Crippen LogP contribution in [0.15, 0.2) is 77.3 Å². The number of anilines is 1. The molecule has 0 bridgehead atoms. The lowest BCUT2D eigenvalue weighted by Gasteiger charge is -2.12. The van der Waals surface area contributed by atoms with E-state index < -0.39 is 0 Å². The van der Waals surface area contributed by atoms with E-state index in [1.807, 2.05) is 61.5 Å². The van der Waals surface area contributed by atoms with Gasteiger partial charge in [0.25, 0.3) is 11.8 Å². The molecule has 1 amide bonds. The number of nitrogens with one attached hydrogen (secondary N) is 1. The van der Waals surface area contributed by atoms with E-state index in [2.05, 4.69) is 15.5 Å². The van der Waals surface area contributed by atoms with Gasteiger partial charge in [0.05, 0.1) is 23.9 Å². The fourth-order valence-corrected chi connectivity index (χ4v) is 3.16. The monoisotopic (exact) mass is 415 g/mol. The van der Waals surface area contributed by atoms with Crippen LogP contribution in [0.5, 0.6) is 11.5 Å². The van der Waals surface area contributed by atoms with E-state index >= 15 is 0 Å². The molecule has 0 saturated heterocycles. The molecule has 0 saturated carbocycles. The minimum atomic E-state index is -0.292. The predicted octanol–water partition coefficient (Wildman–Crippen LogP) is 4.88. The van der Waals surface area contributed by atoms with Gasteiger partial charge < -0.3 is 19.3 Å². The van der Waals surface area contributed by atoms with Gasteiger partial charge in [0.1, 0.15) is 11.5 Å². The van der Waals surface area contributed by atoms with Gasteiger partial charge >= 0.3 is 0 Å². The predicted molar refractivity (Wildman–Crippen MR) is 116 cm³/mol. The maximum Gasteiger partial charge on any atom is 0.260 e. The number of nitrogens with zero attached hydrogens (tertiary/aromatic N) is 2. The Labute approximate surface area is 179 Å². The number of carbonyl (C=O) groups excluding carboxylic acids is 1. The highest BCUT2D eigenvalue weighted by Gasteiger charge is 2.18. The molecule has 31 heavy (non-hydrogen) atoms. The SMILES string of the molecule is COc1c(C)cccc1C(=O)Nc1ccccc1-c1nc(COc2ccccc2)no1. The highest BCUT2D eigenvalue weighted by Crippen LogP contribution is 2.29. The van der Waals surface area contributed by atoms with Crippen LogP contribution in [-0.4, -0.2) is 23.2 Å². The molecule has 0 spiro atoms. The Morgan fingerprint density at radius 1 is 1.00 bits per heavy atom. The van der Waals surface area contributed by atoms with Gasteiger partial charge in [-0.15, -0.1) is 0 Å². The summed E-state index contributed by atoms with van der Waals surface area (Å²) in [4.78, 5) is 17.3. The highest BCUT2D eigenvalue weighted by molar-refractivity contribution is 6.08. The summed E-state index contributed by atoms with van der Waals surface area (Å²) in [6.07, 6.45) is 0. The Kier molecular flexibility index (Phi) is 5.93. The molecule has 7 nitrogen and oxygen atoms in total. The average molecular weight is 415 g/mol. The van der Waals surface area contributed by atoms with Gasteiger partial charge in [-0.25, -0.2) is 0 Å². The van der Waals surface area contributed by atoms with Gasteiger partial charge in [0.15, 0.2) is 6.61 Å². The first-order valence-corrected chi connectivity index (χ1v) is 9.70. The molecular weight excluding hydrogens is 394 g/mol. The van der Waals surface area contributed by atoms with Crippen LogP contribution < -0.4 is 14.8 Å². The molecule has 0 radical (unpaired) electrons. The molecule has 1 heterocycles. The first kappa shape index (κ1) is 20.2. The standard InChI is InChI=1S/C24H21N3O4/c1-16-9-8-13-19(22(16)29-2)23(28)25-20-14-7-6-12-18(20)24-26-21(27-31-24)15-30-17-10-4-3-5-11-17/h3-14H,15H2,1-2H3,(H,25,28). The van der Waals surface area contributed by atoms with E-state index in [-0.39, 0.29) is 12.5 Å². The van der Waals surface area contributed by atoms with Crippen LogP contribution in [0.2, 0.25) is 0 Å². The maximum atomic E-state index is 12.9. The van der Waals surface area contributed by atoms with Crippen molar-refractivity contribution in [2.75, 3.05) is 12.4 Å². The third kappa shape index (κ3) is 4.56. The third-order valence-corrected chi connectivity index (χ3v) is 4.65. The minimum Gasteiger partial charge on any atom is -0.496 e. The van der Waals surface area contributed by atoms with E-state index in [1.165, 1.54) is 0 Å². The maximum absolute atomic E-state index is 12.9. The second-order valence-corrected chi connectivity index (χ2v) is 6.77. The smallest absolute Gasteiger partial charge is 0.260 e. The summed E-state index contributed by atoms with van der Waals surface area (Å²) >= 11 is 0. The summed E-state index contributed by atoms with van der Waals surface area (Å²) in [5.41, 5.74) is 2.49. The molecule has 156 valence electrons. The van der Waals surface area contributed by atoms with Crippen LogP contribution in [0.25, 0.3) is 11.5 Å². The number of ether oxygens (including phenoxy) is 2. The Morgan fingerprint density at radius 3 is 2.58 bits per heavy atom. The normalized spacial score (nSPS) is 10.5. The second kappa shape index (κ2) is 9.13. The van der Waals surface area contributed by atoms with Crippen molar-refractivity contribution in [2.24, 2.45) is 0 Å².